The molecule has 0 atom stereocenters. The molecule has 2 heterocycles. The lowest BCUT2D eigenvalue weighted by molar-refractivity contribution is 0.988. The van der Waals surface area contributed by atoms with Crippen molar-refractivity contribution in [1.29, 1.82) is 0 Å². The van der Waals surface area contributed by atoms with Crippen molar-refractivity contribution in [2.24, 2.45) is 4.99 Å². The molecule has 0 bridgehead atoms. The Hall–Kier alpha value is -1.78. The third-order valence-corrected chi connectivity index (χ3v) is 6.73. The normalized spacial score (nSPS) is 17.6. The molecule has 0 amide bonds. The van der Waals surface area contributed by atoms with Crippen molar-refractivity contribution in [1.82, 2.24) is 4.98 Å². The second-order valence-corrected chi connectivity index (χ2v) is 9.14. The summed E-state index contributed by atoms with van der Waals surface area (Å²) < 4.78 is 0. The molecule has 1 aliphatic rings. The molecule has 1 aliphatic heterocycles. The topological polar surface area (TPSA) is 25.2 Å². The molecule has 1 aromatic carbocycles. The minimum atomic E-state index is 1.02. The van der Waals surface area contributed by atoms with Crippen molar-refractivity contribution >= 4 is 34.3 Å². The van der Waals surface area contributed by atoms with Crippen LogP contribution in [0.2, 0.25) is 0 Å². The van der Waals surface area contributed by atoms with E-state index < -0.39 is 0 Å². The van der Waals surface area contributed by atoms with Crippen molar-refractivity contribution in [3.05, 3.63) is 74.7 Å². The van der Waals surface area contributed by atoms with Crippen LogP contribution in [0, 0.1) is 20.8 Å². The average Bonchev–Trinajstić information content (AvgIpc) is 2.63. The molecule has 27 heavy (non-hydrogen) atoms. The minimum Gasteiger partial charge on any atom is -0.250 e. The summed E-state index contributed by atoms with van der Waals surface area (Å²) in [6.45, 7) is 10.7. The van der Waals surface area contributed by atoms with Crippen LogP contribution >= 0.6 is 23.5 Å². The Morgan fingerprint density at radius 3 is 2.56 bits per heavy atom. The molecular formula is C23H26N2S2. The van der Waals surface area contributed by atoms with Crippen molar-refractivity contribution in [2.75, 3.05) is 0 Å². The van der Waals surface area contributed by atoms with Crippen LogP contribution in [0.5, 0.6) is 0 Å². The SMILES string of the molecule is CC(C)=C1CC/C(=C\Sc2cc(C)ccn2)C(=Nc2ccc(C)cc2C)S1. The standard InChI is InChI=1S/C23H26N2S2/c1-15(2)21-9-7-19(14-26-22-13-17(4)10-11-24-22)23(27-21)25-20-8-6-16(3)12-18(20)5/h6,8,10-14H,7,9H2,1-5H3/b19-14+,25-23?. The number of allylic oxidation sites excluding steroid dienone is 2. The van der Waals surface area contributed by atoms with Crippen LogP contribution in [0.4, 0.5) is 5.69 Å². The summed E-state index contributed by atoms with van der Waals surface area (Å²) in [5.41, 5.74) is 7.48. The summed E-state index contributed by atoms with van der Waals surface area (Å²) in [4.78, 5) is 10.9. The van der Waals surface area contributed by atoms with Gasteiger partial charge in [0.1, 0.15) is 10.1 Å². The highest BCUT2D eigenvalue weighted by Gasteiger charge is 2.19. The van der Waals surface area contributed by atoms with Crippen LogP contribution in [0.1, 0.15) is 43.4 Å². The number of nitrogens with zero attached hydrogens (tertiary/aromatic N) is 2. The molecule has 0 N–H and O–H groups in total. The molecule has 3 rings (SSSR count). The molecule has 140 valence electrons. The van der Waals surface area contributed by atoms with E-state index >= 15 is 0 Å². The van der Waals surface area contributed by atoms with E-state index in [1.54, 1.807) is 11.8 Å². The van der Waals surface area contributed by atoms with E-state index in [9.17, 15) is 0 Å². The van der Waals surface area contributed by atoms with Gasteiger partial charge in [0, 0.05) is 6.20 Å². The Morgan fingerprint density at radius 1 is 1.07 bits per heavy atom. The third kappa shape index (κ3) is 5.36. The van der Waals surface area contributed by atoms with Crippen LogP contribution in [-0.2, 0) is 0 Å². The molecule has 2 aromatic rings. The van der Waals surface area contributed by atoms with Crippen LogP contribution < -0.4 is 0 Å². The fourth-order valence-corrected chi connectivity index (χ4v) is 4.91. The van der Waals surface area contributed by atoms with E-state index in [1.807, 2.05) is 24.0 Å². The zero-order valence-corrected chi connectivity index (χ0v) is 18.3. The maximum atomic E-state index is 5.05. The van der Waals surface area contributed by atoms with Crippen LogP contribution in [0.3, 0.4) is 0 Å². The van der Waals surface area contributed by atoms with Crippen molar-refractivity contribution in [3.63, 3.8) is 0 Å². The van der Waals surface area contributed by atoms with E-state index in [1.165, 1.54) is 32.7 Å². The van der Waals surface area contributed by atoms with Gasteiger partial charge < -0.3 is 0 Å². The van der Waals surface area contributed by atoms with E-state index in [-0.39, 0.29) is 0 Å². The number of hydrogen-bond donors (Lipinski definition) is 0. The second kappa shape index (κ2) is 8.94. The number of aryl methyl sites for hydroxylation is 3. The molecule has 0 aliphatic carbocycles. The van der Waals surface area contributed by atoms with Gasteiger partial charge in [0.2, 0.25) is 0 Å². The van der Waals surface area contributed by atoms with E-state index in [4.69, 9.17) is 4.99 Å². The van der Waals surface area contributed by atoms with Gasteiger partial charge in [0.05, 0.1) is 5.69 Å². The summed E-state index contributed by atoms with van der Waals surface area (Å²) in [5, 5.41) is 4.38. The summed E-state index contributed by atoms with van der Waals surface area (Å²) >= 11 is 3.51. The fraction of sp³-hybridized carbons (Fsp3) is 0.304. The first-order chi connectivity index (χ1) is 12.9. The summed E-state index contributed by atoms with van der Waals surface area (Å²) in [6.07, 6.45) is 3.99. The predicted octanol–water partition coefficient (Wildman–Crippen LogP) is 7.53. The molecule has 4 heteroatoms. The molecule has 1 saturated heterocycles. The number of aliphatic imine (C=N–C) groups is 1. The smallest absolute Gasteiger partial charge is 0.105 e. The molecule has 0 spiro atoms. The summed E-state index contributed by atoms with van der Waals surface area (Å²) in [7, 11) is 0. The van der Waals surface area contributed by atoms with E-state index in [0.29, 0.717) is 0 Å². The van der Waals surface area contributed by atoms with Gasteiger partial charge in [-0.05, 0) is 92.7 Å². The largest absolute Gasteiger partial charge is 0.250 e. The summed E-state index contributed by atoms with van der Waals surface area (Å²) in [5.74, 6) is 0. The number of pyridine rings is 1. The van der Waals surface area contributed by atoms with Gasteiger partial charge in [0.15, 0.2) is 0 Å². The first kappa shape index (κ1) is 20.0. The fourth-order valence-electron chi connectivity index (χ4n) is 2.89. The lowest BCUT2D eigenvalue weighted by atomic mass is 10.1. The maximum Gasteiger partial charge on any atom is 0.105 e. The van der Waals surface area contributed by atoms with Gasteiger partial charge in [-0.2, -0.15) is 0 Å². The Morgan fingerprint density at radius 2 is 1.85 bits per heavy atom. The van der Waals surface area contributed by atoms with Crippen LogP contribution in [0.25, 0.3) is 0 Å². The maximum absolute atomic E-state index is 5.05. The first-order valence-electron chi connectivity index (χ1n) is 9.21. The second-order valence-electron chi connectivity index (χ2n) is 7.16. The Balaban J connectivity index is 1.94. The zero-order chi connectivity index (χ0) is 19.4. The van der Waals surface area contributed by atoms with Crippen LogP contribution in [0.15, 0.2) is 68.0 Å². The lowest BCUT2D eigenvalue weighted by Gasteiger charge is -2.21. The number of aromatic nitrogens is 1. The number of hydrogen-bond acceptors (Lipinski definition) is 4. The van der Waals surface area contributed by atoms with E-state index in [0.717, 1.165) is 28.6 Å². The number of thioether (sulfide) groups is 2. The third-order valence-electron chi connectivity index (χ3n) is 4.46. The predicted molar refractivity (Wildman–Crippen MR) is 121 cm³/mol. The molecule has 2 nitrogen and oxygen atoms in total. The Kier molecular flexibility index (Phi) is 6.61. The molecule has 1 aromatic heterocycles. The van der Waals surface area contributed by atoms with Gasteiger partial charge in [-0.15, -0.1) is 0 Å². The Bertz CT molecular complexity index is 935. The highest BCUT2D eigenvalue weighted by molar-refractivity contribution is 8.17. The van der Waals surface area contributed by atoms with Crippen molar-refractivity contribution in [3.8, 4) is 0 Å². The van der Waals surface area contributed by atoms with Gasteiger partial charge >= 0.3 is 0 Å². The molecule has 0 unspecified atom stereocenters. The lowest BCUT2D eigenvalue weighted by Crippen LogP contribution is -2.06. The average molecular weight is 395 g/mol. The molecule has 0 saturated carbocycles. The van der Waals surface area contributed by atoms with Gasteiger partial charge in [-0.25, -0.2) is 9.98 Å². The minimum absolute atomic E-state index is 1.02. The Labute approximate surface area is 171 Å². The van der Waals surface area contributed by atoms with Gasteiger partial charge in [-0.3, -0.25) is 0 Å². The van der Waals surface area contributed by atoms with Crippen LogP contribution in [-0.4, -0.2) is 10.0 Å². The summed E-state index contributed by atoms with van der Waals surface area (Å²) in [6, 6.07) is 10.6. The highest BCUT2D eigenvalue weighted by Crippen LogP contribution is 2.39. The van der Waals surface area contributed by atoms with Crippen molar-refractivity contribution < 1.29 is 0 Å². The van der Waals surface area contributed by atoms with Crippen molar-refractivity contribution in [2.45, 2.75) is 52.5 Å². The molecular weight excluding hydrogens is 368 g/mol. The quantitative estimate of drug-likeness (QED) is 0.503. The zero-order valence-electron chi connectivity index (χ0n) is 16.7. The number of rotatable bonds is 3. The van der Waals surface area contributed by atoms with Gasteiger partial charge in [0.25, 0.3) is 0 Å². The first-order valence-corrected chi connectivity index (χ1v) is 10.9. The number of benzene rings is 1. The highest BCUT2D eigenvalue weighted by atomic mass is 32.2. The molecule has 0 radical (unpaired) electrons. The molecule has 1 fully saturated rings. The monoisotopic (exact) mass is 394 g/mol. The van der Waals surface area contributed by atoms with E-state index in [2.05, 4.69) is 69.3 Å². The van der Waals surface area contributed by atoms with Gasteiger partial charge in [-0.1, -0.05) is 46.8 Å².